The maximum Gasteiger partial charge on any atom is 0.262 e. The van der Waals surface area contributed by atoms with Gasteiger partial charge in [0, 0.05) is 12.2 Å². The molecule has 1 N–H and O–H groups in total. The SMILES string of the molecule is Cc1cc2c(=O)n(CCc3ccc(F)cc3)cnc2[nH]1. The molecule has 0 radical (unpaired) electrons. The predicted molar refractivity (Wildman–Crippen MR) is 75.2 cm³/mol. The molecule has 0 atom stereocenters. The summed E-state index contributed by atoms with van der Waals surface area (Å²) in [6, 6.07) is 8.11. The summed E-state index contributed by atoms with van der Waals surface area (Å²) < 4.78 is 14.4. The van der Waals surface area contributed by atoms with E-state index in [1.165, 1.54) is 12.1 Å². The molecule has 1 aromatic carbocycles. The van der Waals surface area contributed by atoms with Gasteiger partial charge in [0.25, 0.3) is 5.56 Å². The molecule has 20 heavy (non-hydrogen) atoms. The molecule has 0 fully saturated rings. The molecule has 5 heteroatoms. The summed E-state index contributed by atoms with van der Waals surface area (Å²) in [6.07, 6.45) is 2.21. The largest absolute Gasteiger partial charge is 0.343 e. The minimum atomic E-state index is -0.253. The standard InChI is InChI=1S/C15H14FN3O/c1-10-8-13-14(18-10)17-9-19(15(13)20)7-6-11-2-4-12(16)5-3-11/h2-5,8-9,18H,6-7H2,1H3. The van der Waals surface area contributed by atoms with Gasteiger partial charge in [0.2, 0.25) is 0 Å². The first-order valence-corrected chi connectivity index (χ1v) is 6.43. The minimum absolute atomic E-state index is 0.0542. The molecule has 2 heterocycles. The fourth-order valence-corrected chi connectivity index (χ4v) is 2.23. The van der Waals surface area contributed by atoms with Gasteiger partial charge in [0.15, 0.2) is 0 Å². The second-order valence-electron chi connectivity index (χ2n) is 4.83. The van der Waals surface area contributed by atoms with Gasteiger partial charge in [-0.05, 0) is 37.1 Å². The van der Waals surface area contributed by atoms with E-state index in [-0.39, 0.29) is 11.4 Å². The lowest BCUT2D eigenvalue weighted by Crippen LogP contribution is -2.21. The van der Waals surface area contributed by atoms with E-state index in [1.54, 1.807) is 29.1 Å². The van der Waals surface area contributed by atoms with Crippen molar-refractivity contribution in [2.24, 2.45) is 0 Å². The van der Waals surface area contributed by atoms with Gasteiger partial charge in [-0.15, -0.1) is 0 Å². The van der Waals surface area contributed by atoms with Gasteiger partial charge in [-0.2, -0.15) is 0 Å². The number of H-pyrrole nitrogens is 1. The summed E-state index contributed by atoms with van der Waals surface area (Å²) in [5, 5.41) is 0.601. The Balaban J connectivity index is 1.85. The first kappa shape index (κ1) is 12.6. The highest BCUT2D eigenvalue weighted by Crippen LogP contribution is 2.08. The minimum Gasteiger partial charge on any atom is -0.343 e. The Labute approximate surface area is 114 Å². The molecule has 102 valence electrons. The number of rotatable bonds is 3. The van der Waals surface area contributed by atoms with E-state index >= 15 is 0 Å². The third-order valence-corrected chi connectivity index (χ3v) is 3.30. The first-order valence-electron chi connectivity index (χ1n) is 6.43. The summed E-state index contributed by atoms with van der Waals surface area (Å²) in [7, 11) is 0. The molecule has 0 aliphatic heterocycles. The zero-order valence-corrected chi connectivity index (χ0v) is 11.1. The number of aromatic amines is 1. The van der Waals surface area contributed by atoms with E-state index in [2.05, 4.69) is 9.97 Å². The van der Waals surface area contributed by atoms with Crippen molar-refractivity contribution in [2.75, 3.05) is 0 Å². The number of hydrogen-bond donors (Lipinski definition) is 1. The normalized spacial score (nSPS) is 11.1. The monoisotopic (exact) mass is 271 g/mol. The average Bonchev–Trinajstić information content (AvgIpc) is 2.81. The summed E-state index contributed by atoms with van der Waals surface area (Å²) in [5.74, 6) is -0.253. The van der Waals surface area contributed by atoms with E-state index in [9.17, 15) is 9.18 Å². The van der Waals surface area contributed by atoms with Crippen LogP contribution >= 0.6 is 0 Å². The summed E-state index contributed by atoms with van der Waals surface area (Å²) in [6.45, 7) is 2.42. The lowest BCUT2D eigenvalue weighted by Gasteiger charge is -2.05. The molecule has 0 saturated heterocycles. The topological polar surface area (TPSA) is 50.7 Å². The van der Waals surface area contributed by atoms with Crippen LogP contribution in [0.2, 0.25) is 0 Å². The molecule has 4 nitrogen and oxygen atoms in total. The molecular formula is C15H14FN3O. The Hall–Kier alpha value is -2.43. The van der Waals surface area contributed by atoms with Gasteiger partial charge in [0.05, 0.1) is 11.7 Å². The number of halogens is 1. The molecule has 0 aliphatic rings. The van der Waals surface area contributed by atoms with Crippen LogP contribution in [-0.2, 0) is 13.0 Å². The lowest BCUT2D eigenvalue weighted by molar-refractivity contribution is 0.624. The highest BCUT2D eigenvalue weighted by Gasteiger charge is 2.06. The van der Waals surface area contributed by atoms with Crippen LogP contribution in [0.3, 0.4) is 0 Å². The maximum absolute atomic E-state index is 12.8. The average molecular weight is 271 g/mol. The van der Waals surface area contributed by atoms with Crippen LogP contribution in [-0.4, -0.2) is 14.5 Å². The van der Waals surface area contributed by atoms with Gasteiger partial charge in [-0.25, -0.2) is 9.37 Å². The Morgan fingerprint density at radius 3 is 2.80 bits per heavy atom. The third-order valence-electron chi connectivity index (χ3n) is 3.30. The molecule has 2 aromatic heterocycles. The molecule has 0 spiro atoms. The van der Waals surface area contributed by atoms with Gasteiger partial charge < -0.3 is 4.98 Å². The fourth-order valence-electron chi connectivity index (χ4n) is 2.23. The number of nitrogens with zero attached hydrogens (tertiary/aromatic N) is 2. The first-order chi connectivity index (χ1) is 9.63. The Kier molecular flexibility index (Phi) is 3.10. The van der Waals surface area contributed by atoms with Crippen molar-refractivity contribution in [3.63, 3.8) is 0 Å². The number of nitrogens with one attached hydrogen (secondary N) is 1. The zero-order chi connectivity index (χ0) is 14.1. The van der Waals surface area contributed by atoms with Crippen molar-refractivity contribution >= 4 is 11.0 Å². The number of aryl methyl sites for hydroxylation is 3. The van der Waals surface area contributed by atoms with Gasteiger partial charge in [-0.1, -0.05) is 12.1 Å². The smallest absolute Gasteiger partial charge is 0.262 e. The maximum atomic E-state index is 12.8. The second kappa shape index (κ2) is 4.92. The Bertz CT molecular complexity index is 802. The number of fused-ring (bicyclic) bond motifs is 1. The van der Waals surface area contributed by atoms with Crippen molar-refractivity contribution in [2.45, 2.75) is 19.9 Å². The van der Waals surface area contributed by atoms with E-state index in [1.807, 2.05) is 6.92 Å². The molecule has 0 saturated carbocycles. The Morgan fingerprint density at radius 1 is 1.30 bits per heavy atom. The number of benzene rings is 1. The number of aromatic nitrogens is 3. The summed E-state index contributed by atoms with van der Waals surface area (Å²) in [5.41, 5.74) is 2.47. The van der Waals surface area contributed by atoms with Crippen LogP contribution < -0.4 is 5.56 Å². The van der Waals surface area contributed by atoms with E-state index in [4.69, 9.17) is 0 Å². The van der Waals surface area contributed by atoms with Crippen LogP contribution in [0.15, 0.2) is 41.5 Å². The predicted octanol–water partition coefficient (Wildman–Crippen LogP) is 2.41. The van der Waals surface area contributed by atoms with Crippen LogP contribution in [0.25, 0.3) is 11.0 Å². The molecule has 3 aromatic rings. The molecule has 0 amide bonds. The van der Waals surface area contributed by atoms with Gasteiger partial charge in [-0.3, -0.25) is 9.36 Å². The summed E-state index contributed by atoms with van der Waals surface area (Å²) in [4.78, 5) is 19.5. The second-order valence-corrected chi connectivity index (χ2v) is 4.83. The third kappa shape index (κ3) is 2.34. The van der Waals surface area contributed by atoms with Crippen molar-refractivity contribution in [3.8, 4) is 0 Å². The fraction of sp³-hybridized carbons (Fsp3) is 0.200. The van der Waals surface area contributed by atoms with Crippen LogP contribution in [0.4, 0.5) is 4.39 Å². The Morgan fingerprint density at radius 2 is 2.05 bits per heavy atom. The van der Waals surface area contributed by atoms with Crippen molar-refractivity contribution in [3.05, 3.63) is 64.1 Å². The van der Waals surface area contributed by atoms with Crippen LogP contribution in [0.5, 0.6) is 0 Å². The number of hydrogen-bond acceptors (Lipinski definition) is 2. The van der Waals surface area contributed by atoms with E-state index in [0.717, 1.165) is 11.3 Å². The van der Waals surface area contributed by atoms with Crippen LogP contribution in [0, 0.1) is 12.7 Å². The zero-order valence-electron chi connectivity index (χ0n) is 11.1. The quantitative estimate of drug-likeness (QED) is 0.795. The molecule has 0 aliphatic carbocycles. The van der Waals surface area contributed by atoms with Crippen molar-refractivity contribution < 1.29 is 4.39 Å². The van der Waals surface area contributed by atoms with Crippen molar-refractivity contribution in [1.82, 2.24) is 14.5 Å². The van der Waals surface area contributed by atoms with Crippen LogP contribution in [0.1, 0.15) is 11.3 Å². The highest BCUT2D eigenvalue weighted by atomic mass is 19.1. The van der Waals surface area contributed by atoms with E-state index < -0.39 is 0 Å². The molecule has 0 bridgehead atoms. The lowest BCUT2D eigenvalue weighted by atomic mass is 10.1. The van der Waals surface area contributed by atoms with Gasteiger partial charge in [0.1, 0.15) is 11.5 Å². The molecule has 3 rings (SSSR count). The highest BCUT2D eigenvalue weighted by molar-refractivity contribution is 5.74. The molecular weight excluding hydrogens is 257 g/mol. The van der Waals surface area contributed by atoms with E-state index in [0.29, 0.717) is 24.0 Å². The molecule has 0 unspecified atom stereocenters. The van der Waals surface area contributed by atoms with Crippen molar-refractivity contribution in [1.29, 1.82) is 0 Å². The van der Waals surface area contributed by atoms with Gasteiger partial charge >= 0.3 is 0 Å². The summed E-state index contributed by atoms with van der Waals surface area (Å²) >= 11 is 0.